The van der Waals surface area contributed by atoms with Crippen LogP contribution in [0, 0.1) is 0 Å². The van der Waals surface area contributed by atoms with Crippen molar-refractivity contribution in [3.63, 3.8) is 0 Å². The van der Waals surface area contributed by atoms with E-state index in [-0.39, 0.29) is 6.03 Å². The molecule has 2 atom stereocenters. The number of carboxylic acids is 1. The number of amides is 2. The number of urea groups is 1. The standard InChI is InChI=1S/C14H24N2O3S/c1-2-11-10-15(8-9-20-11)14(19)16-7-5-3-4-6-12(16)13(17)18/h11-12H,2-10H2,1H3,(H,17,18). The van der Waals surface area contributed by atoms with E-state index in [1.54, 1.807) is 4.90 Å². The van der Waals surface area contributed by atoms with Crippen molar-refractivity contribution in [2.24, 2.45) is 0 Å². The monoisotopic (exact) mass is 300 g/mol. The number of nitrogens with zero attached hydrogens (tertiary/aromatic N) is 2. The highest BCUT2D eigenvalue weighted by molar-refractivity contribution is 8.00. The fourth-order valence-electron chi connectivity index (χ4n) is 2.92. The number of carbonyl (C=O) groups excluding carboxylic acids is 1. The van der Waals surface area contributed by atoms with Gasteiger partial charge in [0.15, 0.2) is 0 Å². The largest absolute Gasteiger partial charge is 0.480 e. The maximum atomic E-state index is 12.7. The first-order chi connectivity index (χ1) is 9.63. The van der Waals surface area contributed by atoms with E-state index in [0.29, 0.717) is 18.2 Å². The molecule has 2 heterocycles. The average Bonchev–Trinajstić information content (AvgIpc) is 2.72. The van der Waals surface area contributed by atoms with E-state index in [0.717, 1.165) is 44.5 Å². The number of hydrogen-bond acceptors (Lipinski definition) is 3. The Morgan fingerprint density at radius 2 is 2.05 bits per heavy atom. The third-order valence-corrected chi connectivity index (χ3v) is 5.52. The van der Waals surface area contributed by atoms with E-state index in [1.165, 1.54) is 0 Å². The van der Waals surface area contributed by atoms with E-state index in [1.807, 2.05) is 16.7 Å². The summed E-state index contributed by atoms with van der Waals surface area (Å²) in [6.45, 7) is 4.21. The molecule has 2 aliphatic rings. The molecule has 0 aliphatic carbocycles. The van der Waals surface area contributed by atoms with E-state index < -0.39 is 12.0 Å². The van der Waals surface area contributed by atoms with Gasteiger partial charge in [0.05, 0.1) is 0 Å². The fourth-order valence-corrected chi connectivity index (χ4v) is 4.10. The highest BCUT2D eigenvalue weighted by Crippen LogP contribution is 2.24. The number of likely N-dealkylation sites (tertiary alicyclic amines) is 1. The van der Waals surface area contributed by atoms with Gasteiger partial charge in [0.2, 0.25) is 0 Å². The van der Waals surface area contributed by atoms with Crippen LogP contribution in [0.3, 0.4) is 0 Å². The maximum absolute atomic E-state index is 12.7. The molecule has 2 amide bonds. The van der Waals surface area contributed by atoms with Crippen molar-refractivity contribution in [1.29, 1.82) is 0 Å². The predicted molar refractivity (Wildman–Crippen MR) is 80.1 cm³/mol. The molecule has 0 bridgehead atoms. The molecule has 0 aromatic rings. The van der Waals surface area contributed by atoms with Gasteiger partial charge >= 0.3 is 12.0 Å². The van der Waals surface area contributed by atoms with Crippen molar-refractivity contribution in [3.8, 4) is 0 Å². The Balaban J connectivity index is 2.06. The highest BCUT2D eigenvalue weighted by atomic mass is 32.2. The molecule has 2 unspecified atom stereocenters. The molecule has 0 aromatic carbocycles. The molecule has 2 fully saturated rings. The SMILES string of the molecule is CCC1CN(C(=O)N2CCCCCC2C(=O)O)CCS1. The number of aliphatic carboxylic acids is 1. The van der Waals surface area contributed by atoms with Crippen molar-refractivity contribution in [1.82, 2.24) is 9.80 Å². The number of carboxylic acid groups (broad SMARTS) is 1. The normalized spacial score (nSPS) is 28.1. The molecule has 1 N–H and O–H groups in total. The Morgan fingerprint density at radius 1 is 1.25 bits per heavy atom. The molecule has 6 heteroatoms. The predicted octanol–water partition coefficient (Wildman–Crippen LogP) is 2.26. The van der Waals surface area contributed by atoms with E-state index in [2.05, 4.69) is 6.92 Å². The summed E-state index contributed by atoms with van der Waals surface area (Å²) in [6, 6.07) is -0.710. The third kappa shape index (κ3) is 3.59. The van der Waals surface area contributed by atoms with Crippen LogP contribution >= 0.6 is 11.8 Å². The van der Waals surface area contributed by atoms with Crippen LogP contribution in [0.2, 0.25) is 0 Å². The minimum Gasteiger partial charge on any atom is -0.480 e. The molecule has 2 aliphatic heterocycles. The lowest BCUT2D eigenvalue weighted by molar-refractivity contribution is -0.142. The van der Waals surface area contributed by atoms with Crippen LogP contribution < -0.4 is 0 Å². The fraction of sp³-hybridized carbons (Fsp3) is 0.857. The minimum absolute atomic E-state index is 0.0712. The Bertz CT molecular complexity index is 364. The number of thioether (sulfide) groups is 1. The van der Waals surface area contributed by atoms with Gasteiger partial charge < -0.3 is 14.9 Å². The summed E-state index contributed by atoms with van der Waals surface area (Å²) in [5.41, 5.74) is 0. The first-order valence-electron chi connectivity index (χ1n) is 7.53. The molecule has 5 nitrogen and oxygen atoms in total. The highest BCUT2D eigenvalue weighted by Gasteiger charge is 2.34. The molecule has 0 saturated carbocycles. The van der Waals surface area contributed by atoms with Gasteiger partial charge in [-0.2, -0.15) is 11.8 Å². The van der Waals surface area contributed by atoms with Crippen molar-refractivity contribution >= 4 is 23.8 Å². The van der Waals surface area contributed by atoms with Gasteiger partial charge in [0, 0.05) is 30.6 Å². The van der Waals surface area contributed by atoms with Gasteiger partial charge in [-0.25, -0.2) is 9.59 Å². The summed E-state index contributed by atoms with van der Waals surface area (Å²) in [5, 5.41) is 9.85. The summed E-state index contributed by atoms with van der Waals surface area (Å²) < 4.78 is 0. The molecule has 2 saturated heterocycles. The summed E-state index contributed by atoms with van der Waals surface area (Å²) in [4.78, 5) is 27.5. The Morgan fingerprint density at radius 3 is 2.75 bits per heavy atom. The Kier molecular flexibility index (Phi) is 5.57. The van der Waals surface area contributed by atoms with Gasteiger partial charge in [0.25, 0.3) is 0 Å². The summed E-state index contributed by atoms with van der Waals surface area (Å²) in [6.07, 6.45) is 4.46. The summed E-state index contributed by atoms with van der Waals surface area (Å²) in [7, 11) is 0. The molecule has 2 rings (SSSR count). The van der Waals surface area contributed by atoms with Crippen LogP contribution in [0.4, 0.5) is 4.79 Å². The van der Waals surface area contributed by atoms with Crippen LogP contribution in [0.1, 0.15) is 39.0 Å². The second-order valence-electron chi connectivity index (χ2n) is 5.53. The second-order valence-corrected chi connectivity index (χ2v) is 6.93. The lowest BCUT2D eigenvalue weighted by Crippen LogP contribution is -2.53. The second kappa shape index (κ2) is 7.20. The van der Waals surface area contributed by atoms with Gasteiger partial charge in [0.1, 0.15) is 6.04 Å². The molecule has 0 radical (unpaired) electrons. The average molecular weight is 300 g/mol. The first kappa shape index (κ1) is 15.5. The number of carbonyl (C=O) groups is 2. The zero-order valence-electron chi connectivity index (χ0n) is 12.1. The van der Waals surface area contributed by atoms with Crippen LogP contribution in [0.25, 0.3) is 0 Å². The molecular formula is C14H24N2O3S. The van der Waals surface area contributed by atoms with Crippen molar-refractivity contribution < 1.29 is 14.7 Å². The van der Waals surface area contributed by atoms with Gasteiger partial charge in [-0.05, 0) is 19.3 Å². The molecule has 20 heavy (non-hydrogen) atoms. The topological polar surface area (TPSA) is 60.9 Å². The van der Waals surface area contributed by atoms with Crippen LogP contribution in [-0.2, 0) is 4.79 Å². The van der Waals surface area contributed by atoms with Crippen molar-refractivity contribution in [3.05, 3.63) is 0 Å². The van der Waals surface area contributed by atoms with Crippen LogP contribution in [-0.4, -0.2) is 63.6 Å². The molecule has 0 aromatic heterocycles. The third-order valence-electron chi connectivity index (χ3n) is 4.15. The lowest BCUT2D eigenvalue weighted by Gasteiger charge is -2.37. The van der Waals surface area contributed by atoms with Crippen LogP contribution in [0.15, 0.2) is 0 Å². The quantitative estimate of drug-likeness (QED) is 0.850. The molecular weight excluding hydrogens is 276 g/mol. The van der Waals surface area contributed by atoms with E-state index in [4.69, 9.17) is 0 Å². The zero-order valence-corrected chi connectivity index (χ0v) is 12.9. The van der Waals surface area contributed by atoms with E-state index >= 15 is 0 Å². The minimum atomic E-state index is -0.862. The van der Waals surface area contributed by atoms with Crippen LogP contribution in [0.5, 0.6) is 0 Å². The van der Waals surface area contributed by atoms with Crippen molar-refractivity contribution in [2.45, 2.75) is 50.3 Å². The maximum Gasteiger partial charge on any atom is 0.326 e. The van der Waals surface area contributed by atoms with Gasteiger partial charge in [-0.1, -0.05) is 19.8 Å². The molecule has 0 spiro atoms. The van der Waals surface area contributed by atoms with E-state index in [9.17, 15) is 14.7 Å². The zero-order chi connectivity index (χ0) is 14.5. The van der Waals surface area contributed by atoms with Gasteiger partial charge in [-0.15, -0.1) is 0 Å². The summed E-state index contributed by atoms with van der Waals surface area (Å²) >= 11 is 1.91. The summed E-state index contributed by atoms with van der Waals surface area (Å²) in [5.74, 6) is 0.0919. The van der Waals surface area contributed by atoms with Crippen molar-refractivity contribution in [2.75, 3.05) is 25.4 Å². The Labute approximate surface area is 124 Å². The smallest absolute Gasteiger partial charge is 0.326 e. The Hall–Kier alpha value is -0.910. The first-order valence-corrected chi connectivity index (χ1v) is 8.58. The lowest BCUT2D eigenvalue weighted by atomic mass is 10.1. The number of rotatable bonds is 2. The van der Waals surface area contributed by atoms with Gasteiger partial charge in [-0.3, -0.25) is 0 Å². The number of hydrogen-bond donors (Lipinski definition) is 1. The molecule has 114 valence electrons.